The van der Waals surface area contributed by atoms with Gasteiger partial charge >= 0.3 is 0 Å². The first-order valence-corrected chi connectivity index (χ1v) is 6.86. The molecule has 1 fully saturated rings. The molecule has 1 amide bonds. The summed E-state index contributed by atoms with van der Waals surface area (Å²) in [7, 11) is 0. The summed E-state index contributed by atoms with van der Waals surface area (Å²) in [4.78, 5) is 15.9. The van der Waals surface area contributed by atoms with E-state index >= 15 is 0 Å². The van der Waals surface area contributed by atoms with Gasteiger partial charge in [-0.1, -0.05) is 20.8 Å². The molecule has 0 radical (unpaired) electrons. The van der Waals surface area contributed by atoms with Crippen LogP contribution < -0.4 is 0 Å². The molecule has 2 aliphatic rings. The fourth-order valence-electron chi connectivity index (χ4n) is 2.45. The summed E-state index contributed by atoms with van der Waals surface area (Å²) in [5.74, 6) is 0.816. The van der Waals surface area contributed by atoms with Gasteiger partial charge in [0.15, 0.2) is 0 Å². The van der Waals surface area contributed by atoms with Crippen LogP contribution in [0.5, 0.6) is 0 Å². The van der Waals surface area contributed by atoms with E-state index in [0.29, 0.717) is 5.57 Å². The maximum atomic E-state index is 11.8. The van der Waals surface area contributed by atoms with Gasteiger partial charge in [0.25, 0.3) is 5.91 Å². The lowest BCUT2D eigenvalue weighted by Gasteiger charge is -2.38. The standard InChI is InChI=1S/C13H16N2OS/c1-4-11-10-7-17-13(2,3)5-8(10)9(6-14)12(16)15-11/h10H,4-5,7H2,1-3H3. The van der Waals surface area contributed by atoms with Crippen LogP contribution in [0.4, 0.5) is 0 Å². The van der Waals surface area contributed by atoms with Crippen molar-refractivity contribution >= 4 is 23.4 Å². The molecule has 2 rings (SSSR count). The van der Waals surface area contributed by atoms with Crippen LogP contribution in [0.3, 0.4) is 0 Å². The summed E-state index contributed by atoms with van der Waals surface area (Å²) in [6.45, 7) is 6.35. The van der Waals surface area contributed by atoms with Crippen molar-refractivity contribution in [2.45, 2.75) is 38.4 Å². The summed E-state index contributed by atoms with van der Waals surface area (Å²) in [6.07, 6.45) is 1.61. The zero-order valence-electron chi connectivity index (χ0n) is 10.4. The van der Waals surface area contributed by atoms with Crippen LogP contribution in [0.25, 0.3) is 0 Å². The number of allylic oxidation sites excluding steroid dienone is 1. The van der Waals surface area contributed by atoms with Gasteiger partial charge in [0, 0.05) is 22.1 Å². The second kappa shape index (κ2) is 4.30. The number of dihydropyridines is 1. The Morgan fingerprint density at radius 1 is 1.59 bits per heavy atom. The molecular formula is C13H16N2OS. The van der Waals surface area contributed by atoms with Gasteiger partial charge in [-0.15, -0.1) is 0 Å². The Kier molecular flexibility index (Phi) is 3.13. The van der Waals surface area contributed by atoms with Crippen LogP contribution in [0.2, 0.25) is 0 Å². The summed E-state index contributed by atoms with van der Waals surface area (Å²) < 4.78 is 0.115. The van der Waals surface area contributed by atoms with E-state index in [1.807, 2.05) is 24.8 Å². The van der Waals surface area contributed by atoms with Crippen molar-refractivity contribution in [1.29, 1.82) is 5.26 Å². The summed E-state index contributed by atoms with van der Waals surface area (Å²) >= 11 is 1.90. The number of nitriles is 1. The molecule has 0 aromatic heterocycles. The lowest BCUT2D eigenvalue weighted by Crippen LogP contribution is -2.36. The molecule has 17 heavy (non-hydrogen) atoms. The number of hydrogen-bond donors (Lipinski definition) is 0. The summed E-state index contributed by atoms with van der Waals surface area (Å²) in [5, 5.41) is 9.12. The minimum atomic E-state index is -0.335. The largest absolute Gasteiger partial charge is 0.287 e. The Morgan fingerprint density at radius 2 is 2.29 bits per heavy atom. The minimum Gasteiger partial charge on any atom is -0.266 e. The number of amides is 1. The summed E-state index contributed by atoms with van der Waals surface area (Å²) in [5.41, 5.74) is 2.26. The molecule has 0 aromatic rings. The zero-order chi connectivity index (χ0) is 12.6. The Hall–Kier alpha value is -1.08. The van der Waals surface area contributed by atoms with E-state index in [1.54, 1.807) is 0 Å². The first-order valence-electron chi connectivity index (χ1n) is 5.87. The molecule has 0 spiro atoms. The smallest absolute Gasteiger partial charge is 0.266 e. The highest BCUT2D eigenvalue weighted by molar-refractivity contribution is 8.00. The van der Waals surface area contributed by atoms with Crippen molar-refractivity contribution in [3.8, 4) is 6.07 Å². The lowest BCUT2D eigenvalue weighted by atomic mass is 9.82. The van der Waals surface area contributed by atoms with Crippen LogP contribution in [-0.4, -0.2) is 22.1 Å². The number of carbonyl (C=O) groups is 1. The SMILES string of the molecule is CCC1=NC(=O)C(C#N)=C2CC(C)(C)SCC12. The Morgan fingerprint density at radius 3 is 2.88 bits per heavy atom. The number of rotatable bonds is 1. The van der Waals surface area contributed by atoms with Gasteiger partial charge in [-0.05, 0) is 18.4 Å². The second-order valence-corrected chi connectivity index (χ2v) is 6.80. The molecule has 0 N–H and O–H groups in total. The molecule has 1 unspecified atom stereocenters. The van der Waals surface area contributed by atoms with Crippen LogP contribution >= 0.6 is 11.8 Å². The van der Waals surface area contributed by atoms with E-state index in [0.717, 1.165) is 29.9 Å². The normalized spacial score (nSPS) is 27.3. The fourth-order valence-corrected chi connectivity index (χ4v) is 3.72. The molecule has 3 nitrogen and oxygen atoms in total. The molecule has 2 heterocycles. The number of nitrogens with zero attached hydrogens (tertiary/aromatic N) is 2. The molecule has 0 aromatic carbocycles. The molecular weight excluding hydrogens is 232 g/mol. The predicted octanol–water partition coefficient (Wildman–Crippen LogP) is 2.73. The van der Waals surface area contributed by atoms with Crippen LogP contribution in [-0.2, 0) is 4.79 Å². The Labute approximate surface area is 106 Å². The molecule has 90 valence electrons. The zero-order valence-corrected chi connectivity index (χ0v) is 11.2. The third kappa shape index (κ3) is 2.16. The molecule has 4 heteroatoms. The van der Waals surface area contributed by atoms with Gasteiger partial charge in [-0.3, -0.25) is 4.79 Å². The average molecular weight is 248 g/mol. The van der Waals surface area contributed by atoms with E-state index in [9.17, 15) is 4.79 Å². The highest BCUT2D eigenvalue weighted by Crippen LogP contribution is 2.44. The average Bonchev–Trinajstić information content (AvgIpc) is 2.26. The third-order valence-corrected chi connectivity index (χ3v) is 4.76. The molecule has 0 bridgehead atoms. The van der Waals surface area contributed by atoms with Crippen molar-refractivity contribution in [1.82, 2.24) is 0 Å². The van der Waals surface area contributed by atoms with Gasteiger partial charge in [-0.25, -0.2) is 4.99 Å². The second-order valence-electron chi connectivity index (χ2n) is 5.07. The maximum Gasteiger partial charge on any atom is 0.287 e. The van der Waals surface area contributed by atoms with E-state index < -0.39 is 0 Å². The van der Waals surface area contributed by atoms with E-state index in [-0.39, 0.29) is 16.6 Å². The summed E-state index contributed by atoms with van der Waals surface area (Å²) in [6, 6.07) is 2.05. The van der Waals surface area contributed by atoms with Crippen LogP contribution in [0.15, 0.2) is 16.1 Å². The number of thioether (sulfide) groups is 1. The first-order chi connectivity index (χ1) is 7.98. The number of aliphatic imine (C=N–C) groups is 1. The lowest BCUT2D eigenvalue weighted by molar-refractivity contribution is -0.114. The number of fused-ring (bicyclic) bond motifs is 1. The topological polar surface area (TPSA) is 53.2 Å². The van der Waals surface area contributed by atoms with Gasteiger partial charge in [0.1, 0.15) is 11.6 Å². The van der Waals surface area contributed by atoms with Crippen molar-refractivity contribution in [2.24, 2.45) is 10.9 Å². The number of hydrogen-bond acceptors (Lipinski definition) is 3. The van der Waals surface area contributed by atoms with Gasteiger partial charge in [0.2, 0.25) is 0 Å². The van der Waals surface area contributed by atoms with Gasteiger partial charge in [0.05, 0.1) is 0 Å². The Bertz CT molecular complexity index is 468. The van der Waals surface area contributed by atoms with Crippen molar-refractivity contribution in [2.75, 3.05) is 5.75 Å². The molecule has 0 saturated carbocycles. The van der Waals surface area contributed by atoms with E-state index in [1.165, 1.54) is 0 Å². The van der Waals surface area contributed by atoms with E-state index in [2.05, 4.69) is 18.8 Å². The van der Waals surface area contributed by atoms with Crippen LogP contribution in [0.1, 0.15) is 33.6 Å². The monoisotopic (exact) mass is 248 g/mol. The fraction of sp³-hybridized carbons (Fsp3) is 0.615. The first kappa shape index (κ1) is 12.4. The molecule has 0 aliphatic carbocycles. The van der Waals surface area contributed by atoms with Crippen molar-refractivity contribution in [3.05, 3.63) is 11.1 Å². The predicted molar refractivity (Wildman–Crippen MR) is 70.0 cm³/mol. The van der Waals surface area contributed by atoms with Crippen molar-refractivity contribution in [3.63, 3.8) is 0 Å². The van der Waals surface area contributed by atoms with Crippen molar-refractivity contribution < 1.29 is 4.79 Å². The minimum absolute atomic E-state index is 0.115. The van der Waals surface area contributed by atoms with Crippen LogP contribution in [0, 0.1) is 17.2 Å². The van der Waals surface area contributed by atoms with Gasteiger partial charge in [-0.2, -0.15) is 17.0 Å². The highest BCUT2D eigenvalue weighted by atomic mass is 32.2. The Balaban J connectivity index is 2.46. The molecule has 1 saturated heterocycles. The number of carbonyl (C=O) groups excluding carboxylic acids is 1. The highest BCUT2D eigenvalue weighted by Gasteiger charge is 2.38. The van der Waals surface area contributed by atoms with E-state index in [4.69, 9.17) is 5.26 Å². The quantitative estimate of drug-likeness (QED) is 0.717. The van der Waals surface area contributed by atoms with Gasteiger partial charge < -0.3 is 0 Å². The molecule has 2 aliphatic heterocycles. The third-order valence-electron chi connectivity index (χ3n) is 3.33. The molecule has 1 atom stereocenters. The maximum absolute atomic E-state index is 11.8.